The highest BCUT2D eigenvalue weighted by Gasteiger charge is 2.34. The number of amides is 3. The van der Waals surface area contributed by atoms with Gasteiger partial charge in [-0.25, -0.2) is 23.5 Å². The lowest BCUT2D eigenvalue weighted by Crippen LogP contribution is -2.43. The normalized spacial score (nSPS) is 12.7. The number of rotatable bonds is 9. The molecule has 4 rings (SSSR count). The fraction of sp³-hybridized carbons (Fsp3) is 0.308. The molecule has 3 aromatic rings. The Hall–Kier alpha value is -4.12. The van der Waals surface area contributed by atoms with E-state index in [4.69, 9.17) is 5.73 Å². The molecule has 1 aromatic heterocycles. The van der Waals surface area contributed by atoms with E-state index in [1.807, 2.05) is 19.9 Å². The molecule has 0 saturated heterocycles. The number of nitrogens with two attached hydrogens (primary N) is 1. The number of aromatic nitrogens is 2. The number of urea groups is 1. The zero-order valence-electron chi connectivity index (χ0n) is 20.7. The number of nitrogens with zero attached hydrogens (tertiary/aromatic N) is 3. The molecule has 3 amide bonds. The Balaban J connectivity index is 1.91. The second-order valence-corrected chi connectivity index (χ2v) is 8.62. The predicted octanol–water partition coefficient (Wildman–Crippen LogP) is 3.99. The second kappa shape index (κ2) is 11.3. The summed E-state index contributed by atoms with van der Waals surface area (Å²) in [6.07, 6.45) is 1.43. The predicted molar refractivity (Wildman–Crippen MR) is 138 cm³/mol. The van der Waals surface area contributed by atoms with Gasteiger partial charge in [0.2, 0.25) is 5.95 Å². The van der Waals surface area contributed by atoms with Gasteiger partial charge in [-0.3, -0.25) is 4.79 Å². The Morgan fingerprint density at radius 1 is 1.16 bits per heavy atom. The first-order valence-electron chi connectivity index (χ1n) is 12.1. The SMILES string of the molecule is CCCNC(=O)c1ccc(C)c(-c2nc(NCCCN)nc3c2CNC(=O)N3c2c(F)cccc2F)c1. The van der Waals surface area contributed by atoms with E-state index in [2.05, 4.69) is 25.9 Å². The lowest BCUT2D eigenvalue weighted by molar-refractivity contribution is 0.0953. The average molecular weight is 510 g/mol. The summed E-state index contributed by atoms with van der Waals surface area (Å²) in [7, 11) is 0. The molecule has 0 fully saturated rings. The lowest BCUT2D eigenvalue weighted by atomic mass is 9.97. The van der Waals surface area contributed by atoms with Crippen LogP contribution >= 0.6 is 0 Å². The highest BCUT2D eigenvalue weighted by Crippen LogP contribution is 2.39. The van der Waals surface area contributed by atoms with Gasteiger partial charge in [0.25, 0.3) is 5.91 Å². The summed E-state index contributed by atoms with van der Waals surface area (Å²) in [6, 6.07) is 7.90. The van der Waals surface area contributed by atoms with Gasteiger partial charge < -0.3 is 21.7 Å². The third-order valence-corrected chi connectivity index (χ3v) is 5.93. The van der Waals surface area contributed by atoms with Gasteiger partial charge in [-0.05, 0) is 56.1 Å². The number of halogens is 2. The number of carbonyl (C=O) groups excluding carboxylic acids is 2. The standard InChI is InChI=1S/C26H29F2N7O2/c1-3-11-30-24(36)16-9-8-15(2)17(13-16)21-18-14-32-26(37)35(22-19(27)6-4-7-20(22)28)23(18)34-25(33-21)31-12-5-10-29/h4,6-9,13H,3,5,10-12,14,29H2,1-2H3,(H,30,36)(H,32,37)(H,31,33,34). The first-order chi connectivity index (χ1) is 17.8. The van der Waals surface area contributed by atoms with Crippen LogP contribution in [0.5, 0.6) is 0 Å². The quantitative estimate of drug-likeness (QED) is 0.323. The van der Waals surface area contributed by atoms with Gasteiger partial charge >= 0.3 is 6.03 Å². The van der Waals surface area contributed by atoms with Crippen molar-refractivity contribution in [2.45, 2.75) is 33.2 Å². The van der Waals surface area contributed by atoms with Crippen molar-refractivity contribution in [3.63, 3.8) is 0 Å². The Morgan fingerprint density at radius 3 is 2.62 bits per heavy atom. The van der Waals surface area contributed by atoms with E-state index in [1.165, 1.54) is 6.07 Å². The van der Waals surface area contributed by atoms with Crippen molar-refractivity contribution < 1.29 is 18.4 Å². The summed E-state index contributed by atoms with van der Waals surface area (Å²) in [5, 5.41) is 8.60. The Morgan fingerprint density at radius 2 is 1.92 bits per heavy atom. The molecule has 0 atom stereocenters. The van der Waals surface area contributed by atoms with E-state index in [-0.39, 0.29) is 24.2 Å². The Kier molecular flexibility index (Phi) is 7.92. The van der Waals surface area contributed by atoms with Crippen molar-refractivity contribution in [2.24, 2.45) is 5.73 Å². The second-order valence-electron chi connectivity index (χ2n) is 8.62. The summed E-state index contributed by atoms with van der Waals surface area (Å²) in [6.45, 7) is 5.29. The van der Waals surface area contributed by atoms with Gasteiger partial charge in [-0.2, -0.15) is 4.98 Å². The minimum Gasteiger partial charge on any atom is -0.354 e. The van der Waals surface area contributed by atoms with Crippen molar-refractivity contribution in [1.82, 2.24) is 20.6 Å². The molecule has 0 spiro atoms. The van der Waals surface area contributed by atoms with Crippen molar-refractivity contribution in [2.75, 3.05) is 29.9 Å². The summed E-state index contributed by atoms with van der Waals surface area (Å²) >= 11 is 0. The lowest BCUT2D eigenvalue weighted by Gasteiger charge is -2.31. The van der Waals surface area contributed by atoms with E-state index in [0.29, 0.717) is 48.4 Å². The molecule has 0 bridgehead atoms. The number of carbonyl (C=O) groups is 2. The minimum atomic E-state index is -0.911. The topological polar surface area (TPSA) is 125 Å². The zero-order valence-corrected chi connectivity index (χ0v) is 20.7. The summed E-state index contributed by atoms with van der Waals surface area (Å²) in [5.41, 5.74) is 7.86. The number of para-hydroxylation sites is 1. The van der Waals surface area contributed by atoms with Crippen LogP contribution in [0.1, 0.15) is 41.3 Å². The van der Waals surface area contributed by atoms with Crippen LogP contribution in [0.4, 0.5) is 31.0 Å². The highest BCUT2D eigenvalue weighted by molar-refractivity contribution is 6.02. The molecule has 5 N–H and O–H groups in total. The first kappa shape index (κ1) is 26.0. The maximum atomic E-state index is 14.8. The van der Waals surface area contributed by atoms with Crippen LogP contribution in [0, 0.1) is 18.6 Å². The molecular weight excluding hydrogens is 480 g/mol. The van der Waals surface area contributed by atoms with Gasteiger partial charge in [-0.1, -0.05) is 19.1 Å². The van der Waals surface area contributed by atoms with Crippen molar-refractivity contribution >= 4 is 29.4 Å². The van der Waals surface area contributed by atoms with Crippen LogP contribution < -0.4 is 26.6 Å². The molecule has 1 aliphatic heterocycles. The van der Waals surface area contributed by atoms with Crippen LogP contribution in [0.25, 0.3) is 11.3 Å². The Labute approximate surface area is 213 Å². The number of benzene rings is 2. The maximum absolute atomic E-state index is 14.8. The molecule has 2 aromatic carbocycles. The zero-order chi connectivity index (χ0) is 26.5. The largest absolute Gasteiger partial charge is 0.354 e. The molecule has 2 heterocycles. The van der Waals surface area contributed by atoms with Gasteiger partial charge in [0.05, 0.1) is 12.2 Å². The van der Waals surface area contributed by atoms with Gasteiger partial charge in [-0.15, -0.1) is 0 Å². The van der Waals surface area contributed by atoms with Crippen LogP contribution in [0.3, 0.4) is 0 Å². The van der Waals surface area contributed by atoms with Crippen LogP contribution in [0.2, 0.25) is 0 Å². The molecule has 194 valence electrons. The van der Waals surface area contributed by atoms with E-state index in [9.17, 15) is 18.4 Å². The summed E-state index contributed by atoms with van der Waals surface area (Å²) < 4.78 is 29.6. The number of fused-ring (bicyclic) bond motifs is 1. The summed E-state index contributed by atoms with van der Waals surface area (Å²) in [4.78, 5) is 35.6. The van der Waals surface area contributed by atoms with Crippen LogP contribution in [-0.4, -0.2) is 41.5 Å². The molecular formula is C26H29F2N7O2. The summed E-state index contributed by atoms with van der Waals surface area (Å²) in [5.74, 6) is -1.83. The molecule has 37 heavy (non-hydrogen) atoms. The van der Waals surface area contributed by atoms with E-state index >= 15 is 0 Å². The fourth-order valence-corrected chi connectivity index (χ4v) is 4.03. The van der Waals surface area contributed by atoms with Crippen LogP contribution in [0.15, 0.2) is 36.4 Å². The third-order valence-electron chi connectivity index (χ3n) is 5.93. The fourth-order valence-electron chi connectivity index (χ4n) is 4.03. The molecule has 0 saturated carbocycles. The highest BCUT2D eigenvalue weighted by atomic mass is 19.1. The van der Waals surface area contributed by atoms with Gasteiger partial charge in [0.1, 0.15) is 17.3 Å². The third kappa shape index (κ3) is 5.36. The minimum absolute atomic E-state index is 0.0326. The Bertz CT molecular complexity index is 1310. The van der Waals surface area contributed by atoms with E-state index < -0.39 is 23.4 Å². The molecule has 11 heteroatoms. The van der Waals surface area contributed by atoms with Crippen molar-refractivity contribution in [3.05, 3.63) is 64.7 Å². The number of nitrogens with one attached hydrogen (secondary N) is 3. The van der Waals surface area contributed by atoms with Crippen molar-refractivity contribution in [3.8, 4) is 11.3 Å². The molecule has 1 aliphatic rings. The molecule has 0 radical (unpaired) electrons. The smallest absolute Gasteiger partial charge is 0.328 e. The number of hydrogen-bond donors (Lipinski definition) is 4. The average Bonchev–Trinajstić information content (AvgIpc) is 2.88. The van der Waals surface area contributed by atoms with Gasteiger partial charge in [0, 0.05) is 29.8 Å². The molecule has 9 nitrogen and oxygen atoms in total. The first-order valence-corrected chi connectivity index (χ1v) is 12.1. The van der Waals surface area contributed by atoms with Crippen LogP contribution in [-0.2, 0) is 6.54 Å². The number of anilines is 3. The van der Waals surface area contributed by atoms with Gasteiger partial charge in [0.15, 0.2) is 5.82 Å². The number of hydrogen-bond acceptors (Lipinski definition) is 6. The maximum Gasteiger partial charge on any atom is 0.328 e. The molecule has 0 unspecified atom stereocenters. The van der Waals surface area contributed by atoms with Crippen molar-refractivity contribution in [1.29, 1.82) is 0 Å². The molecule has 0 aliphatic carbocycles. The van der Waals surface area contributed by atoms with E-state index in [1.54, 1.807) is 12.1 Å². The number of aryl methyl sites for hydroxylation is 1. The van der Waals surface area contributed by atoms with E-state index in [0.717, 1.165) is 29.0 Å². The monoisotopic (exact) mass is 509 g/mol.